The Hall–Kier alpha value is -3.49. The third-order valence-electron chi connectivity index (χ3n) is 7.97. The van der Waals surface area contributed by atoms with Crippen molar-refractivity contribution in [3.8, 4) is 11.5 Å². The highest BCUT2D eigenvalue weighted by atomic mass is 19.1. The fourth-order valence-electron chi connectivity index (χ4n) is 5.97. The van der Waals surface area contributed by atoms with Gasteiger partial charge in [-0.2, -0.15) is 0 Å². The number of likely N-dealkylation sites (tertiary alicyclic amines) is 1. The number of phenolic OH excluding ortho intramolecular Hbond substituents is 1. The molecule has 214 valence electrons. The van der Waals surface area contributed by atoms with E-state index in [9.17, 15) is 29.3 Å². The van der Waals surface area contributed by atoms with E-state index in [4.69, 9.17) is 4.74 Å². The van der Waals surface area contributed by atoms with Gasteiger partial charge >= 0.3 is 0 Å². The van der Waals surface area contributed by atoms with Crippen molar-refractivity contribution in [3.63, 3.8) is 0 Å². The molecule has 40 heavy (non-hydrogen) atoms. The lowest BCUT2D eigenvalue weighted by Gasteiger charge is -2.36. The summed E-state index contributed by atoms with van der Waals surface area (Å²) in [6.45, 7) is 3.97. The van der Waals surface area contributed by atoms with Crippen LogP contribution >= 0.6 is 0 Å². The minimum atomic E-state index is -0.970. The third-order valence-corrected chi connectivity index (χ3v) is 7.97. The molecule has 7 nitrogen and oxygen atoms in total. The summed E-state index contributed by atoms with van der Waals surface area (Å²) in [5, 5.41) is 31.5. The molecule has 4 rings (SSSR count). The second kappa shape index (κ2) is 13.2. The lowest BCUT2D eigenvalue weighted by Crippen LogP contribution is -2.40. The van der Waals surface area contributed by atoms with Crippen molar-refractivity contribution in [1.82, 2.24) is 4.90 Å². The van der Waals surface area contributed by atoms with Gasteiger partial charge in [-0.3, -0.25) is 14.5 Å². The smallest absolute Gasteiger partial charge is 0.233 e. The number of hydrogen-bond donors (Lipinski definition) is 3. The molecule has 0 spiro atoms. The van der Waals surface area contributed by atoms with Gasteiger partial charge in [-0.25, -0.2) is 4.39 Å². The number of para-hydroxylation sites is 1. The first-order valence-corrected chi connectivity index (χ1v) is 14.0. The summed E-state index contributed by atoms with van der Waals surface area (Å²) in [6.07, 6.45) is 3.29. The summed E-state index contributed by atoms with van der Waals surface area (Å²) in [4.78, 5) is 27.9. The van der Waals surface area contributed by atoms with Crippen molar-refractivity contribution in [2.24, 2.45) is 17.8 Å². The van der Waals surface area contributed by atoms with Crippen molar-refractivity contribution in [2.75, 3.05) is 19.8 Å². The number of carbonyl (C=O) groups is 2. The second-order valence-electron chi connectivity index (χ2n) is 10.5. The van der Waals surface area contributed by atoms with Crippen molar-refractivity contribution in [2.45, 2.75) is 52.1 Å². The molecule has 3 N–H and O–H groups in total. The van der Waals surface area contributed by atoms with Crippen LogP contribution in [0.4, 0.5) is 4.39 Å². The van der Waals surface area contributed by atoms with Gasteiger partial charge in [0.1, 0.15) is 12.4 Å². The fraction of sp³-hybridized carbons (Fsp3) is 0.438. The Labute approximate surface area is 234 Å². The largest absolute Gasteiger partial charge is 0.505 e. The number of nitrogens with zero attached hydrogens (tertiary/aromatic N) is 1. The number of benzene rings is 2. The van der Waals surface area contributed by atoms with Gasteiger partial charge in [0.25, 0.3) is 0 Å². The number of amides is 2. The average molecular weight is 552 g/mol. The van der Waals surface area contributed by atoms with Gasteiger partial charge in [-0.05, 0) is 73.1 Å². The number of halogens is 1. The number of fused-ring (bicyclic) bond motifs is 1. The summed E-state index contributed by atoms with van der Waals surface area (Å²) >= 11 is 0. The predicted octanol–water partition coefficient (Wildman–Crippen LogP) is 4.86. The van der Waals surface area contributed by atoms with E-state index in [1.807, 2.05) is 50.3 Å². The molecule has 4 atom stereocenters. The number of phenols is 1. The monoisotopic (exact) mass is 551 g/mol. The first-order valence-electron chi connectivity index (χ1n) is 14.0. The van der Waals surface area contributed by atoms with Crippen LogP contribution in [0.1, 0.15) is 51.5 Å². The highest BCUT2D eigenvalue weighted by Gasteiger charge is 2.54. The summed E-state index contributed by atoms with van der Waals surface area (Å²) in [6, 6.07) is 13.4. The van der Waals surface area contributed by atoms with E-state index in [1.54, 1.807) is 6.07 Å². The van der Waals surface area contributed by atoms with E-state index in [0.717, 1.165) is 11.1 Å². The Morgan fingerprint density at radius 1 is 1.15 bits per heavy atom. The first kappa shape index (κ1) is 29.5. The lowest BCUT2D eigenvalue weighted by molar-refractivity contribution is -0.140. The van der Waals surface area contributed by atoms with Gasteiger partial charge in [0, 0.05) is 12.5 Å². The van der Waals surface area contributed by atoms with Gasteiger partial charge < -0.3 is 20.1 Å². The zero-order valence-electron chi connectivity index (χ0n) is 23.1. The molecular formula is C32H38FNO6. The van der Waals surface area contributed by atoms with Gasteiger partial charge in [-0.15, -0.1) is 0 Å². The number of allylic oxidation sites excluding steroid dienone is 1. The minimum Gasteiger partial charge on any atom is -0.505 e. The molecule has 0 aromatic heterocycles. The van der Waals surface area contributed by atoms with E-state index >= 15 is 0 Å². The van der Waals surface area contributed by atoms with Crippen LogP contribution in [0, 0.1) is 23.6 Å². The van der Waals surface area contributed by atoms with Gasteiger partial charge in [0.15, 0.2) is 11.6 Å². The average Bonchev–Trinajstić information content (AvgIpc) is 3.20. The fourth-order valence-corrected chi connectivity index (χ4v) is 5.97. The Morgan fingerprint density at radius 2 is 1.90 bits per heavy atom. The molecule has 0 unspecified atom stereocenters. The number of aromatic hydroxyl groups is 1. The molecule has 0 saturated carbocycles. The zero-order chi connectivity index (χ0) is 28.8. The Bertz CT molecular complexity index is 1270. The molecule has 2 aliphatic rings. The minimum absolute atomic E-state index is 0.134. The van der Waals surface area contributed by atoms with Crippen LogP contribution in [0.3, 0.4) is 0 Å². The Balaban J connectivity index is 1.62. The lowest BCUT2D eigenvalue weighted by atomic mass is 9.68. The second-order valence-corrected chi connectivity index (χ2v) is 10.5. The molecule has 2 amide bonds. The third kappa shape index (κ3) is 6.29. The molecule has 1 heterocycles. The van der Waals surface area contributed by atoms with E-state index in [1.165, 1.54) is 17.0 Å². The number of aliphatic hydroxyl groups is 2. The topological polar surface area (TPSA) is 107 Å². The molecule has 1 saturated heterocycles. The molecule has 2 aromatic rings. The van der Waals surface area contributed by atoms with Gasteiger partial charge in [0.05, 0.1) is 24.5 Å². The molecule has 2 aromatic carbocycles. The van der Waals surface area contributed by atoms with Crippen LogP contribution in [-0.2, 0) is 9.59 Å². The quantitative estimate of drug-likeness (QED) is 0.257. The van der Waals surface area contributed by atoms with E-state index in [0.29, 0.717) is 49.1 Å². The number of ether oxygens (including phenoxy) is 1. The van der Waals surface area contributed by atoms with Crippen LogP contribution in [0.15, 0.2) is 65.3 Å². The maximum absolute atomic E-state index is 13.8. The van der Waals surface area contributed by atoms with Crippen LogP contribution < -0.4 is 4.74 Å². The van der Waals surface area contributed by atoms with E-state index in [-0.39, 0.29) is 31.4 Å². The highest BCUT2D eigenvalue weighted by molar-refractivity contribution is 6.05. The first-order chi connectivity index (χ1) is 19.3. The summed E-state index contributed by atoms with van der Waals surface area (Å²) < 4.78 is 19.9. The van der Waals surface area contributed by atoms with Crippen molar-refractivity contribution in [1.29, 1.82) is 0 Å². The van der Waals surface area contributed by atoms with Crippen molar-refractivity contribution in [3.05, 3.63) is 76.6 Å². The number of carbonyl (C=O) groups excluding carboxylic acids is 2. The Kier molecular flexibility index (Phi) is 9.76. The number of aliphatic hydroxyl groups excluding tert-OH is 2. The number of hydrogen-bond acceptors (Lipinski definition) is 6. The van der Waals surface area contributed by atoms with Gasteiger partial charge in [-0.1, -0.05) is 49.8 Å². The van der Waals surface area contributed by atoms with Crippen molar-refractivity contribution >= 4 is 17.9 Å². The van der Waals surface area contributed by atoms with E-state index in [2.05, 4.69) is 0 Å². The SMILES string of the molecule is CCCN1C(=O)[C@@H]2[C@@H](CC(COc3ccccc3)=C([C@H](O)CC/C(=C/c3ccc(O)c(F)c3)CC)[C@@H]2CO)C1=O. The number of rotatable bonds is 12. The van der Waals surface area contributed by atoms with Crippen LogP contribution in [-0.4, -0.2) is 57.9 Å². The summed E-state index contributed by atoms with van der Waals surface area (Å²) in [7, 11) is 0. The predicted molar refractivity (Wildman–Crippen MR) is 150 cm³/mol. The molecular weight excluding hydrogens is 513 g/mol. The van der Waals surface area contributed by atoms with Gasteiger partial charge in [0.2, 0.25) is 11.8 Å². The maximum Gasteiger partial charge on any atom is 0.233 e. The van der Waals surface area contributed by atoms with Crippen molar-refractivity contribution < 1.29 is 34.0 Å². The van der Waals surface area contributed by atoms with E-state index < -0.39 is 35.4 Å². The standard InChI is InChI=1S/C32H38FNO6/c1-3-14-34-31(38)24-17-22(19-40-23-8-6-5-7-9-23)29(25(18-35)30(24)32(34)39)28(37)13-10-20(4-2)15-21-11-12-27(36)26(33)16-21/h5-9,11-12,15-16,24-25,28,30,35-37H,3-4,10,13-14,17-19H2,1-2H3/b20-15+/t24-,25+,28-,30-/m1/s1. The molecule has 0 bridgehead atoms. The molecule has 1 aliphatic carbocycles. The highest BCUT2D eigenvalue weighted by Crippen LogP contribution is 2.46. The number of imide groups is 1. The molecule has 1 fully saturated rings. The summed E-state index contributed by atoms with van der Waals surface area (Å²) in [5.41, 5.74) is 2.89. The molecule has 0 radical (unpaired) electrons. The van der Waals surface area contributed by atoms with Crippen LogP contribution in [0.25, 0.3) is 6.08 Å². The van der Waals surface area contributed by atoms with Crippen LogP contribution in [0.5, 0.6) is 11.5 Å². The summed E-state index contributed by atoms with van der Waals surface area (Å²) in [5.74, 6) is -2.97. The molecule has 1 aliphatic heterocycles. The zero-order valence-corrected chi connectivity index (χ0v) is 23.1. The normalized spacial score (nSPS) is 22.1. The maximum atomic E-state index is 13.8. The molecule has 8 heteroatoms. The van der Waals surface area contributed by atoms with Crippen LogP contribution in [0.2, 0.25) is 0 Å². The Morgan fingerprint density at radius 3 is 2.55 bits per heavy atom.